The molecular formula is C13H12N2O. The van der Waals surface area contributed by atoms with Gasteiger partial charge in [-0.25, -0.2) is 0 Å². The minimum absolute atomic E-state index is 0.0335. The summed E-state index contributed by atoms with van der Waals surface area (Å²) in [4.78, 5) is 14.5. The predicted octanol–water partition coefficient (Wildman–Crippen LogP) is 2.33. The Kier molecular flexibility index (Phi) is 1.72. The van der Waals surface area contributed by atoms with Gasteiger partial charge in [-0.3, -0.25) is 4.79 Å². The van der Waals surface area contributed by atoms with Crippen LogP contribution in [0, 0.1) is 6.92 Å². The van der Waals surface area contributed by atoms with E-state index in [0.29, 0.717) is 0 Å². The number of hydrogen-bond donors (Lipinski definition) is 1. The van der Waals surface area contributed by atoms with Crippen LogP contribution in [0.15, 0.2) is 35.3 Å². The van der Waals surface area contributed by atoms with Crippen LogP contribution in [0.5, 0.6) is 0 Å². The summed E-state index contributed by atoms with van der Waals surface area (Å²) in [6.07, 6.45) is 1.70. The standard InChI is InChI=1S/C13H12N2O/c1-8-3-4-9-10-5-6-14-13(16)12(10)15(2)11(9)7-8/h3-7H,1-2H3,(H,14,16). The molecule has 0 radical (unpaired) electrons. The molecule has 0 fully saturated rings. The van der Waals surface area contributed by atoms with Crippen molar-refractivity contribution >= 4 is 21.8 Å². The minimum Gasteiger partial charge on any atom is -0.339 e. The molecule has 3 rings (SSSR count). The van der Waals surface area contributed by atoms with E-state index in [4.69, 9.17) is 0 Å². The molecule has 3 heteroatoms. The number of fused-ring (bicyclic) bond motifs is 3. The van der Waals surface area contributed by atoms with Crippen LogP contribution in [-0.4, -0.2) is 9.55 Å². The summed E-state index contributed by atoms with van der Waals surface area (Å²) < 4.78 is 1.95. The minimum atomic E-state index is -0.0335. The van der Waals surface area contributed by atoms with E-state index in [1.54, 1.807) is 6.20 Å². The summed E-state index contributed by atoms with van der Waals surface area (Å²) in [5.41, 5.74) is 3.01. The third kappa shape index (κ3) is 1.05. The molecule has 0 atom stereocenters. The number of hydrogen-bond acceptors (Lipinski definition) is 1. The van der Waals surface area contributed by atoms with E-state index in [9.17, 15) is 4.79 Å². The van der Waals surface area contributed by atoms with Gasteiger partial charge in [0, 0.05) is 29.5 Å². The van der Waals surface area contributed by atoms with E-state index in [0.717, 1.165) is 21.8 Å². The zero-order chi connectivity index (χ0) is 11.3. The average Bonchev–Trinajstić information content (AvgIpc) is 2.54. The first-order valence-corrected chi connectivity index (χ1v) is 5.25. The fourth-order valence-corrected chi connectivity index (χ4v) is 2.29. The highest BCUT2D eigenvalue weighted by atomic mass is 16.1. The summed E-state index contributed by atoms with van der Waals surface area (Å²) in [5, 5.41) is 2.15. The van der Waals surface area contributed by atoms with Crippen molar-refractivity contribution in [2.75, 3.05) is 0 Å². The second-order valence-corrected chi connectivity index (χ2v) is 4.15. The number of benzene rings is 1. The Balaban J connectivity index is 2.70. The SMILES string of the molecule is Cc1ccc2c3cc[nH]c(=O)c3n(C)c2c1. The van der Waals surface area contributed by atoms with Crippen molar-refractivity contribution < 1.29 is 0 Å². The van der Waals surface area contributed by atoms with E-state index in [1.165, 1.54) is 5.56 Å². The molecule has 0 amide bonds. The molecule has 1 N–H and O–H groups in total. The van der Waals surface area contributed by atoms with Crippen LogP contribution in [0.2, 0.25) is 0 Å². The Morgan fingerprint density at radius 3 is 2.81 bits per heavy atom. The molecule has 0 saturated heterocycles. The van der Waals surface area contributed by atoms with E-state index in [2.05, 4.69) is 30.1 Å². The maximum Gasteiger partial charge on any atom is 0.272 e. The lowest BCUT2D eigenvalue weighted by molar-refractivity contribution is 0.998. The van der Waals surface area contributed by atoms with Crippen LogP contribution in [0.25, 0.3) is 21.8 Å². The molecule has 3 nitrogen and oxygen atoms in total. The highest BCUT2D eigenvalue weighted by Crippen LogP contribution is 2.25. The lowest BCUT2D eigenvalue weighted by Crippen LogP contribution is -2.07. The smallest absolute Gasteiger partial charge is 0.272 e. The summed E-state index contributed by atoms with van der Waals surface area (Å²) in [6, 6.07) is 8.21. The topological polar surface area (TPSA) is 37.8 Å². The molecule has 1 aromatic carbocycles. The summed E-state index contributed by atoms with van der Waals surface area (Å²) in [5.74, 6) is 0. The lowest BCUT2D eigenvalue weighted by Gasteiger charge is -1.97. The number of nitrogens with one attached hydrogen (secondary N) is 1. The van der Waals surface area contributed by atoms with Crippen molar-refractivity contribution in [2.24, 2.45) is 7.05 Å². The molecule has 3 aromatic rings. The van der Waals surface area contributed by atoms with Gasteiger partial charge in [0.2, 0.25) is 0 Å². The number of aromatic nitrogens is 2. The van der Waals surface area contributed by atoms with Gasteiger partial charge in [-0.1, -0.05) is 12.1 Å². The maximum absolute atomic E-state index is 11.8. The van der Waals surface area contributed by atoms with Crippen molar-refractivity contribution in [1.29, 1.82) is 0 Å². The molecular weight excluding hydrogens is 200 g/mol. The second kappa shape index (κ2) is 2.98. The zero-order valence-electron chi connectivity index (χ0n) is 9.24. The summed E-state index contributed by atoms with van der Waals surface area (Å²) in [7, 11) is 1.93. The number of H-pyrrole nitrogens is 1. The zero-order valence-corrected chi connectivity index (χ0v) is 9.24. The molecule has 2 aromatic heterocycles. The lowest BCUT2D eigenvalue weighted by atomic mass is 10.1. The molecule has 0 aliphatic rings. The van der Waals surface area contributed by atoms with Gasteiger partial charge >= 0.3 is 0 Å². The van der Waals surface area contributed by atoms with Crippen molar-refractivity contribution in [3.63, 3.8) is 0 Å². The van der Waals surface area contributed by atoms with Crippen molar-refractivity contribution in [1.82, 2.24) is 9.55 Å². The third-order valence-electron chi connectivity index (χ3n) is 3.07. The Hall–Kier alpha value is -2.03. The first-order valence-electron chi connectivity index (χ1n) is 5.25. The molecule has 80 valence electrons. The van der Waals surface area contributed by atoms with E-state index in [1.807, 2.05) is 17.7 Å². The number of nitrogens with zero attached hydrogens (tertiary/aromatic N) is 1. The highest BCUT2D eigenvalue weighted by Gasteiger charge is 2.09. The van der Waals surface area contributed by atoms with Gasteiger partial charge in [0.1, 0.15) is 5.52 Å². The molecule has 0 aliphatic carbocycles. The van der Waals surface area contributed by atoms with Gasteiger partial charge in [-0.05, 0) is 24.6 Å². The van der Waals surface area contributed by atoms with Gasteiger partial charge < -0.3 is 9.55 Å². The number of aryl methyl sites for hydroxylation is 2. The van der Waals surface area contributed by atoms with Gasteiger partial charge in [-0.2, -0.15) is 0 Å². The van der Waals surface area contributed by atoms with Crippen LogP contribution in [0.1, 0.15) is 5.56 Å². The van der Waals surface area contributed by atoms with Crippen LogP contribution in [0.4, 0.5) is 0 Å². The van der Waals surface area contributed by atoms with E-state index in [-0.39, 0.29) is 5.56 Å². The maximum atomic E-state index is 11.8. The Bertz CT molecular complexity index is 750. The van der Waals surface area contributed by atoms with Crippen LogP contribution in [0.3, 0.4) is 0 Å². The molecule has 0 spiro atoms. The molecule has 16 heavy (non-hydrogen) atoms. The third-order valence-corrected chi connectivity index (χ3v) is 3.07. The first kappa shape index (κ1) is 9.21. The summed E-state index contributed by atoms with van der Waals surface area (Å²) >= 11 is 0. The highest BCUT2D eigenvalue weighted by molar-refractivity contribution is 6.07. The monoisotopic (exact) mass is 212 g/mol. The molecule has 0 aliphatic heterocycles. The summed E-state index contributed by atoms with van der Waals surface area (Å²) in [6.45, 7) is 2.06. The second-order valence-electron chi connectivity index (χ2n) is 4.15. The molecule has 2 heterocycles. The van der Waals surface area contributed by atoms with E-state index >= 15 is 0 Å². The van der Waals surface area contributed by atoms with Crippen molar-refractivity contribution in [2.45, 2.75) is 6.92 Å². The number of rotatable bonds is 0. The average molecular weight is 212 g/mol. The van der Waals surface area contributed by atoms with Crippen LogP contribution in [-0.2, 0) is 7.05 Å². The quantitative estimate of drug-likeness (QED) is 0.610. The Morgan fingerprint density at radius 1 is 1.19 bits per heavy atom. The number of aromatic amines is 1. The normalized spacial score (nSPS) is 11.4. The van der Waals surface area contributed by atoms with Crippen LogP contribution >= 0.6 is 0 Å². The van der Waals surface area contributed by atoms with Gasteiger partial charge in [0.25, 0.3) is 5.56 Å². The van der Waals surface area contributed by atoms with Gasteiger partial charge in [-0.15, -0.1) is 0 Å². The fourth-order valence-electron chi connectivity index (χ4n) is 2.29. The fraction of sp³-hybridized carbons (Fsp3) is 0.154. The molecule has 0 saturated carbocycles. The molecule has 0 bridgehead atoms. The Morgan fingerprint density at radius 2 is 2.00 bits per heavy atom. The molecule has 0 unspecified atom stereocenters. The van der Waals surface area contributed by atoms with Crippen molar-refractivity contribution in [3.05, 3.63) is 46.4 Å². The predicted molar refractivity (Wildman–Crippen MR) is 65.8 cm³/mol. The van der Waals surface area contributed by atoms with Crippen molar-refractivity contribution in [3.8, 4) is 0 Å². The number of pyridine rings is 1. The van der Waals surface area contributed by atoms with E-state index < -0.39 is 0 Å². The van der Waals surface area contributed by atoms with Gasteiger partial charge in [0.15, 0.2) is 0 Å². The van der Waals surface area contributed by atoms with Crippen LogP contribution < -0.4 is 5.56 Å². The van der Waals surface area contributed by atoms with Gasteiger partial charge in [0.05, 0.1) is 0 Å². The Labute approximate surface area is 92.3 Å². The largest absolute Gasteiger partial charge is 0.339 e. The first-order chi connectivity index (χ1) is 7.68.